The number of rotatable bonds is 10. The van der Waals surface area contributed by atoms with Crippen LogP contribution in [0, 0.1) is 5.92 Å². The van der Waals surface area contributed by atoms with E-state index in [0.29, 0.717) is 12.3 Å². The quantitative estimate of drug-likeness (QED) is 0.218. The van der Waals surface area contributed by atoms with Crippen molar-refractivity contribution in [2.24, 2.45) is 10.9 Å². The van der Waals surface area contributed by atoms with Crippen molar-refractivity contribution in [2.45, 2.75) is 51.4 Å². The molecule has 1 fully saturated rings. The van der Waals surface area contributed by atoms with Gasteiger partial charge in [-0.3, -0.25) is 9.79 Å². The van der Waals surface area contributed by atoms with E-state index in [9.17, 15) is 4.79 Å². The summed E-state index contributed by atoms with van der Waals surface area (Å²) >= 11 is 0. The SMILES string of the molecule is CN=C(NCCCCCCCN(C)C)N1CCC(CC(=O)NC)CC1.I. The third-order valence-electron chi connectivity index (χ3n) is 4.94. The minimum atomic E-state index is 0. The zero-order valence-corrected chi connectivity index (χ0v) is 19.6. The highest BCUT2D eigenvalue weighted by molar-refractivity contribution is 14.0. The minimum absolute atomic E-state index is 0. The molecule has 0 aromatic heterocycles. The van der Waals surface area contributed by atoms with E-state index in [1.165, 1.54) is 38.6 Å². The van der Waals surface area contributed by atoms with Crippen LogP contribution in [0.2, 0.25) is 0 Å². The summed E-state index contributed by atoms with van der Waals surface area (Å²) in [7, 11) is 7.85. The number of unbranched alkanes of at least 4 members (excludes halogenated alkanes) is 4. The van der Waals surface area contributed by atoms with Crippen molar-refractivity contribution < 1.29 is 4.79 Å². The second kappa shape index (κ2) is 15.5. The number of carbonyl (C=O) groups excluding carboxylic acids is 1. The van der Waals surface area contributed by atoms with Gasteiger partial charge in [-0.05, 0) is 52.2 Å². The molecule has 26 heavy (non-hydrogen) atoms. The van der Waals surface area contributed by atoms with E-state index in [4.69, 9.17) is 0 Å². The number of piperidine rings is 1. The van der Waals surface area contributed by atoms with Crippen molar-refractivity contribution in [3.05, 3.63) is 0 Å². The lowest BCUT2D eigenvalue weighted by atomic mass is 9.93. The molecule has 6 nitrogen and oxygen atoms in total. The molecule has 7 heteroatoms. The van der Waals surface area contributed by atoms with E-state index >= 15 is 0 Å². The third kappa shape index (κ3) is 11.2. The lowest BCUT2D eigenvalue weighted by Gasteiger charge is -2.34. The van der Waals surface area contributed by atoms with E-state index in [1.807, 2.05) is 7.05 Å². The topological polar surface area (TPSA) is 60.0 Å². The summed E-state index contributed by atoms with van der Waals surface area (Å²) in [5.74, 6) is 1.69. The van der Waals surface area contributed by atoms with Crippen LogP contribution in [-0.2, 0) is 4.79 Å². The Bertz CT molecular complexity index is 395. The molecule has 0 bridgehead atoms. The molecule has 0 unspecified atom stereocenters. The molecule has 0 saturated carbocycles. The molecule has 0 aromatic rings. The highest BCUT2D eigenvalue weighted by Gasteiger charge is 2.22. The van der Waals surface area contributed by atoms with Crippen LogP contribution < -0.4 is 10.6 Å². The van der Waals surface area contributed by atoms with Gasteiger partial charge in [-0.25, -0.2) is 0 Å². The molecule has 0 aromatic carbocycles. The van der Waals surface area contributed by atoms with E-state index in [0.717, 1.165) is 38.4 Å². The van der Waals surface area contributed by atoms with E-state index in [-0.39, 0.29) is 29.9 Å². The fraction of sp³-hybridized carbons (Fsp3) is 0.895. The number of hydrogen-bond donors (Lipinski definition) is 2. The molecule has 1 heterocycles. The lowest BCUT2D eigenvalue weighted by Crippen LogP contribution is -2.46. The number of carbonyl (C=O) groups is 1. The summed E-state index contributed by atoms with van der Waals surface area (Å²) in [5, 5.41) is 6.23. The Morgan fingerprint density at radius 1 is 1.12 bits per heavy atom. The highest BCUT2D eigenvalue weighted by atomic mass is 127. The van der Waals surface area contributed by atoms with Gasteiger partial charge in [0.05, 0.1) is 0 Å². The Morgan fingerprint density at radius 2 is 1.73 bits per heavy atom. The monoisotopic (exact) mass is 481 g/mol. The van der Waals surface area contributed by atoms with Crippen molar-refractivity contribution in [3.8, 4) is 0 Å². The van der Waals surface area contributed by atoms with Crippen LogP contribution in [-0.4, -0.2) is 76.0 Å². The van der Waals surface area contributed by atoms with Crippen LogP contribution in [0.4, 0.5) is 0 Å². The van der Waals surface area contributed by atoms with Crippen molar-refractivity contribution in [3.63, 3.8) is 0 Å². The molecule has 0 aliphatic carbocycles. The maximum Gasteiger partial charge on any atom is 0.220 e. The molecule has 1 amide bonds. The molecule has 1 saturated heterocycles. The van der Waals surface area contributed by atoms with Crippen molar-refractivity contribution in [1.82, 2.24) is 20.4 Å². The van der Waals surface area contributed by atoms with Gasteiger partial charge in [0.2, 0.25) is 5.91 Å². The first-order valence-corrected chi connectivity index (χ1v) is 9.87. The second-order valence-corrected chi connectivity index (χ2v) is 7.35. The minimum Gasteiger partial charge on any atom is -0.359 e. The van der Waals surface area contributed by atoms with Crippen LogP contribution >= 0.6 is 24.0 Å². The first-order valence-electron chi connectivity index (χ1n) is 9.87. The molecule has 154 valence electrons. The number of amides is 1. The van der Waals surface area contributed by atoms with Gasteiger partial charge in [-0.2, -0.15) is 0 Å². The van der Waals surface area contributed by atoms with Gasteiger partial charge in [0.25, 0.3) is 0 Å². The summed E-state index contributed by atoms with van der Waals surface area (Å²) in [6, 6.07) is 0. The van der Waals surface area contributed by atoms with E-state index in [2.05, 4.69) is 39.5 Å². The lowest BCUT2D eigenvalue weighted by molar-refractivity contribution is -0.121. The molecular weight excluding hydrogens is 441 g/mol. The first kappa shape index (κ1) is 25.4. The molecule has 2 N–H and O–H groups in total. The fourth-order valence-electron chi connectivity index (χ4n) is 3.33. The molecule has 0 radical (unpaired) electrons. The summed E-state index contributed by atoms with van der Waals surface area (Å²) in [6.07, 6.45) is 9.22. The molecule has 1 aliphatic heterocycles. The Labute approximate surface area is 177 Å². The Kier molecular flexibility index (Phi) is 15.1. The van der Waals surface area contributed by atoms with Crippen LogP contribution in [0.5, 0.6) is 0 Å². The predicted molar refractivity (Wildman–Crippen MR) is 121 cm³/mol. The summed E-state index contributed by atoms with van der Waals surface area (Å²) in [4.78, 5) is 20.5. The average molecular weight is 481 g/mol. The summed E-state index contributed by atoms with van der Waals surface area (Å²) in [6.45, 7) is 4.18. The maximum absolute atomic E-state index is 11.5. The van der Waals surface area contributed by atoms with E-state index < -0.39 is 0 Å². The Morgan fingerprint density at radius 3 is 2.31 bits per heavy atom. The van der Waals surface area contributed by atoms with E-state index in [1.54, 1.807) is 7.05 Å². The van der Waals surface area contributed by atoms with Crippen LogP contribution in [0.15, 0.2) is 4.99 Å². The number of nitrogens with one attached hydrogen (secondary N) is 2. The van der Waals surface area contributed by atoms with Gasteiger partial charge >= 0.3 is 0 Å². The molecule has 1 aliphatic rings. The predicted octanol–water partition coefficient (Wildman–Crippen LogP) is 2.54. The summed E-state index contributed by atoms with van der Waals surface area (Å²) in [5.41, 5.74) is 0. The zero-order valence-electron chi connectivity index (χ0n) is 17.2. The van der Waals surface area contributed by atoms with Gasteiger partial charge in [0, 0.05) is 40.2 Å². The van der Waals surface area contributed by atoms with Crippen LogP contribution in [0.1, 0.15) is 51.4 Å². The Hall–Kier alpha value is -0.570. The number of hydrogen-bond acceptors (Lipinski definition) is 3. The standard InChI is InChI=1S/C19H39N5O.HI/c1-20-18(25)16-17-10-14-24(15-11-17)19(21-2)22-12-8-6-5-7-9-13-23(3)4;/h17H,5-16H2,1-4H3,(H,20,25)(H,21,22);1H. The fourth-order valence-corrected chi connectivity index (χ4v) is 3.33. The van der Waals surface area contributed by atoms with Gasteiger partial charge in [-0.15, -0.1) is 24.0 Å². The molecular formula is C19H40IN5O. The average Bonchev–Trinajstić information content (AvgIpc) is 2.61. The number of aliphatic imine (C=N–C) groups is 1. The number of likely N-dealkylation sites (tertiary alicyclic amines) is 1. The number of halogens is 1. The number of nitrogens with zero attached hydrogens (tertiary/aromatic N) is 3. The van der Waals surface area contributed by atoms with Gasteiger partial charge in [0.15, 0.2) is 5.96 Å². The number of guanidine groups is 1. The van der Waals surface area contributed by atoms with Crippen molar-refractivity contribution >= 4 is 35.8 Å². The summed E-state index contributed by atoms with van der Waals surface area (Å²) < 4.78 is 0. The Balaban J connectivity index is 0.00000625. The first-order chi connectivity index (χ1) is 12.1. The molecule has 1 rings (SSSR count). The normalized spacial score (nSPS) is 15.7. The largest absolute Gasteiger partial charge is 0.359 e. The molecule has 0 atom stereocenters. The van der Waals surface area contributed by atoms with Crippen molar-refractivity contribution in [1.29, 1.82) is 0 Å². The molecule has 0 spiro atoms. The van der Waals surface area contributed by atoms with Gasteiger partial charge < -0.3 is 20.4 Å². The third-order valence-corrected chi connectivity index (χ3v) is 4.94. The van der Waals surface area contributed by atoms with Crippen molar-refractivity contribution in [2.75, 3.05) is 54.4 Å². The van der Waals surface area contributed by atoms with Gasteiger partial charge in [-0.1, -0.05) is 19.3 Å². The van der Waals surface area contributed by atoms with Crippen LogP contribution in [0.25, 0.3) is 0 Å². The van der Waals surface area contributed by atoms with Crippen LogP contribution in [0.3, 0.4) is 0 Å². The second-order valence-electron chi connectivity index (χ2n) is 7.35. The highest BCUT2D eigenvalue weighted by Crippen LogP contribution is 2.20. The van der Waals surface area contributed by atoms with Gasteiger partial charge in [0.1, 0.15) is 0 Å². The maximum atomic E-state index is 11.5. The smallest absolute Gasteiger partial charge is 0.220 e. The zero-order chi connectivity index (χ0) is 18.5.